The number of likely N-dealkylation sites (N-methyl/N-ethyl adjacent to an activating group) is 2. The smallest absolute Gasteiger partial charge is 0.290 e. The van der Waals surface area contributed by atoms with Crippen LogP contribution in [0.4, 0.5) is 5.82 Å². The number of rotatable bonds is 2. The number of aliphatic hydroxyl groups excluding tert-OH is 1. The lowest BCUT2D eigenvalue weighted by Crippen LogP contribution is -2.52. The van der Waals surface area contributed by atoms with Crippen LogP contribution >= 0.6 is 0 Å². The summed E-state index contributed by atoms with van der Waals surface area (Å²) in [6.07, 6.45) is 6.08. The first-order valence-electron chi connectivity index (χ1n) is 10.8. The molecule has 0 bridgehead atoms. The van der Waals surface area contributed by atoms with Crippen molar-refractivity contribution in [3.63, 3.8) is 0 Å². The number of hydrogen-bond acceptors (Lipinski definition) is 8. The molecular weight excluding hydrogens is 400 g/mol. The van der Waals surface area contributed by atoms with E-state index in [4.69, 9.17) is 9.90 Å². The van der Waals surface area contributed by atoms with Crippen molar-refractivity contribution in [1.29, 1.82) is 0 Å². The van der Waals surface area contributed by atoms with Crippen molar-refractivity contribution >= 4 is 18.2 Å². The molecule has 3 aliphatic heterocycles. The number of aliphatic hydroxyl groups is 1. The molecule has 0 aliphatic carbocycles. The lowest BCUT2D eigenvalue weighted by atomic mass is 9.72. The predicted molar refractivity (Wildman–Crippen MR) is 116 cm³/mol. The van der Waals surface area contributed by atoms with Gasteiger partial charge in [0.05, 0.1) is 18.5 Å². The molecule has 1 aromatic heterocycles. The van der Waals surface area contributed by atoms with E-state index in [9.17, 15) is 9.90 Å². The van der Waals surface area contributed by atoms with Gasteiger partial charge in [-0.25, -0.2) is 4.98 Å². The third kappa shape index (κ3) is 5.90. The highest BCUT2D eigenvalue weighted by Gasteiger charge is 2.40. The molecule has 10 heteroatoms. The zero-order chi connectivity index (χ0) is 22.4. The summed E-state index contributed by atoms with van der Waals surface area (Å²) in [6, 6.07) is 0. The zero-order valence-corrected chi connectivity index (χ0v) is 18.5. The average molecular weight is 435 g/mol. The van der Waals surface area contributed by atoms with Gasteiger partial charge >= 0.3 is 0 Å². The number of likely N-dealkylation sites (tertiary alicyclic amines) is 1. The molecule has 2 N–H and O–H groups in total. The van der Waals surface area contributed by atoms with Gasteiger partial charge in [0, 0.05) is 52.4 Å². The number of piperazine rings is 1. The van der Waals surface area contributed by atoms with Crippen LogP contribution in [0.25, 0.3) is 0 Å². The van der Waals surface area contributed by atoms with Crippen molar-refractivity contribution in [3.8, 4) is 0 Å². The number of carbonyl (C=O) groups excluding carboxylic acids is 1. The second kappa shape index (κ2) is 10.3. The minimum atomic E-state index is -0.250. The summed E-state index contributed by atoms with van der Waals surface area (Å²) in [6.45, 7) is 6.62. The molecule has 172 valence electrons. The van der Waals surface area contributed by atoms with Crippen molar-refractivity contribution in [2.75, 3.05) is 71.4 Å². The van der Waals surface area contributed by atoms with Crippen LogP contribution in [0.15, 0.2) is 12.4 Å². The van der Waals surface area contributed by atoms with Crippen LogP contribution in [0.1, 0.15) is 29.8 Å². The largest absolute Gasteiger partial charge is 0.483 e. The minimum absolute atomic E-state index is 0.0204. The number of amides is 1. The summed E-state index contributed by atoms with van der Waals surface area (Å²) >= 11 is 0. The van der Waals surface area contributed by atoms with Crippen LogP contribution < -0.4 is 4.90 Å². The summed E-state index contributed by atoms with van der Waals surface area (Å²) in [5.74, 6) is 0.771. The Bertz CT molecular complexity index is 735. The molecule has 3 fully saturated rings. The molecule has 3 saturated heterocycles. The standard InChI is InChI=1S/C20H32N6O2.CH2O2/c1-23-7-9-26(10-8-23)19(28)17-12-21-13-18(22-17)25-5-3-20(4-6-25)11-16(27)14-24(2)15-20;2-1-3/h12-13,16,27H,3-11,14-15H2,1-2H3;1H,(H,2,3). The normalized spacial score (nSPS) is 24.4. The van der Waals surface area contributed by atoms with E-state index in [1.54, 1.807) is 12.4 Å². The second-order valence-electron chi connectivity index (χ2n) is 9.01. The Labute approximate surface area is 183 Å². The Morgan fingerprint density at radius 1 is 1.10 bits per heavy atom. The van der Waals surface area contributed by atoms with E-state index in [1.807, 2.05) is 4.90 Å². The Morgan fingerprint density at radius 3 is 2.35 bits per heavy atom. The maximum absolute atomic E-state index is 12.8. The number of β-amino-alcohol motifs (C(OH)–C–C–N with tert-alkyl or cyclic N) is 1. The molecule has 1 unspecified atom stereocenters. The summed E-state index contributed by atoms with van der Waals surface area (Å²) in [4.78, 5) is 38.7. The number of carboxylic acid groups (broad SMARTS) is 1. The van der Waals surface area contributed by atoms with Gasteiger partial charge in [0.25, 0.3) is 12.4 Å². The summed E-state index contributed by atoms with van der Waals surface area (Å²) in [5.41, 5.74) is 0.638. The quantitative estimate of drug-likeness (QED) is 0.613. The van der Waals surface area contributed by atoms with E-state index >= 15 is 0 Å². The first-order chi connectivity index (χ1) is 14.9. The van der Waals surface area contributed by atoms with Crippen LogP contribution in [0, 0.1) is 5.41 Å². The Morgan fingerprint density at radius 2 is 1.74 bits per heavy atom. The fourth-order valence-corrected chi connectivity index (χ4v) is 4.98. The van der Waals surface area contributed by atoms with Gasteiger partial charge in [0.2, 0.25) is 0 Å². The highest BCUT2D eigenvalue weighted by molar-refractivity contribution is 5.92. The fourth-order valence-electron chi connectivity index (χ4n) is 4.98. The number of anilines is 1. The van der Waals surface area contributed by atoms with Gasteiger partial charge in [-0.2, -0.15) is 0 Å². The average Bonchev–Trinajstić information content (AvgIpc) is 2.74. The van der Waals surface area contributed by atoms with E-state index in [-0.39, 0.29) is 23.9 Å². The molecular formula is C21H34N6O4. The van der Waals surface area contributed by atoms with E-state index in [2.05, 4.69) is 38.8 Å². The molecule has 0 radical (unpaired) electrons. The number of nitrogens with zero attached hydrogens (tertiary/aromatic N) is 6. The van der Waals surface area contributed by atoms with Crippen molar-refractivity contribution in [3.05, 3.63) is 18.1 Å². The van der Waals surface area contributed by atoms with Gasteiger partial charge in [-0.3, -0.25) is 14.6 Å². The summed E-state index contributed by atoms with van der Waals surface area (Å²) < 4.78 is 0. The SMILES string of the molecule is CN1CCN(C(=O)c2cncc(N3CCC4(CC3)CC(O)CN(C)C4)n2)CC1.O=CO. The molecule has 4 heterocycles. The third-order valence-electron chi connectivity index (χ3n) is 6.58. The van der Waals surface area contributed by atoms with Crippen LogP contribution in [0.5, 0.6) is 0 Å². The van der Waals surface area contributed by atoms with Crippen LogP contribution in [0.3, 0.4) is 0 Å². The molecule has 1 amide bonds. The van der Waals surface area contributed by atoms with E-state index in [1.165, 1.54) is 0 Å². The van der Waals surface area contributed by atoms with Gasteiger partial charge in [-0.15, -0.1) is 0 Å². The first kappa shape index (κ1) is 23.4. The summed E-state index contributed by atoms with van der Waals surface area (Å²) in [5, 5.41) is 17.1. The fraction of sp³-hybridized carbons (Fsp3) is 0.714. The van der Waals surface area contributed by atoms with Crippen molar-refractivity contribution in [2.24, 2.45) is 5.41 Å². The Kier molecular flexibility index (Phi) is 7.79. The molecule has 0 saturated carbocycles. The highest BCUT2D eigenvalue weighted by atomic mass is 16.3. The van der Waals surface area contributed by atoms with Gasteiger partial charge in [0.15, 0.2) is 0 Å². The van der Waals surface area contributed by atoms with Crippen LogP contribution in [-0.4, -0.2) is 120 Å². The maximum atomic E-state index is 12.8. The van der Waals surface area contributed by atoms with Gasteiger partial charge in [-0.1, -0.05) is 0 Å². The predicted octanol–water partition coefficient (Wildman–Crippen LogP) is -0.152. The van der Waals surface area contributed by atoms with E-state index in [0.29, 0.717) is 5.69 Å². The lowest BCUT2D eigenvalue weighted by molar-refractivity contribution is -0.122. The topological polar surface area (TPSA) is 113 Å². The van der Waals surface area contributed by atoms with Crippen molar-refractivity contribution in [1.82, 2.24) is 24.7 Å². The third-order valence-corrected chi connectivity index (χ3v) is 6.58. The molecule has 0 aromatic carbocycles. The molecule has 10 nitrogen and oxygen atoms in total. The maximum Gasteiger partial charge on any atom is 0.290 e. The molecule has 3 aliphatic rings. The monoisotopic (exact) mass is 434 g/mol. The minimum Gasteiger partial charge on any atom is -0.483 e. The number of piperidine rings is 2. The molecule has 31 heavy (non-hydrogen) atoms. The molecule has 1 spiro atoms. The van der Waals surface area contributed by atoms with Crippen LogP contribution in [-0.2, 0) is 4.79 Å². The molecule has 1 atom stereocenters. The highest BCUT2D eigenvalue weighted by Crippen LogP contribution is 2.40. The second-order valence-corrected chi connectivity index (χ2v) is 9.01. The van der Waals surface area contributed by atoms with Gasteiger partial charge in [0.1, 0.15) is 11.5 Å². The molecule has 1 aromatic rings. The number of aromatic nitrogens is 2. The Balaban J connectivity index is 0.000000858. The van der Waals surface area contributed by atoms with E-state index in [0.717, 1.165) is 77.4 Å². The van der Waals surface area contributed by atoms with Crippen LogP contribution in [0.2, 0.25) is 0 Å². The molecule has 4 rings (SSSR count). The van der Waals surface area contributed by atoms with Gasteiger partial charge < -0.3 is 29.8 Å². The van der Waals surface area contributed by atoms with Crippen molar-refractivity contribution in [2.45, 2.75) is 25.4 Å². The first-order valence-corrected chi connectivity index (χ1v) is 10.8. The Hall–Kier alpha value is -2.30. The van der Waals surface area contributed by atoms with E-state index < -0.39 is 0 Å². The zero-order valence-electron chi connectivity index (χ0n) is 18.5. The lowest BCUT2D eigenvalue weighted by Gasteiger charge is -2.48. The van der Waals surface area contributed by atoms with Gasteiger partial charge in [-0.05, 0) is 38.8 Å². The van der Waals surface area contributed by atoms with Crippen molar-refractivity contribution < 1.29 is 19.8 Å². The summed E-state index contributed by atoms with van der Waals surface area (Å²) in [7, 11) is 4.17. The number of carbonyl (C=O) groups is 2. The number of hydrogen-bond donors (Lipinski definition) is 2.